The quantitative estimate of drug-likeness (QED) is 0.852. The molecule has 1 aromatic carbocycles. The Bertz CT molecular complexity index is 691. The molecule has 0 saturated carbocycles. The van der Waals surface area contributed by atoms with E-state index in [1.807, 2.05) is 0 Å². The first kappa shape index (κ1) is 14.2. The summed E-state index contributed by atoms with van der Waals surface area (Å²) in [6.07, 6.45) is 5.48. The summed E-state index contributed by atoms with van der Waals surface area (Å²) in [5, 5.41) is 10.9. The molecule has 1 aliphatic rings. The van der Waals surface area contributed by atoms with Gasteiger partial charge in [0.05, 0.1) is 10.6 Å². The first-order valence-corrected chi connectivity index (χ1v) is 8.45. The Balaban J connectivity index is 1.93. The van der Waals surface area contributed by atoms with Crippen molar-refractivity contribution in [1.29, 1.82) is 0 Å². The smallest absolute Gasteiger partial charge is 0.207 e. The average Bonchev–Trinajstić information content (AvgIpc) is 2.89. The van der Waals surface area contributed by atoms with E-state index >= 15 is 0 Å². The fraction of sp³-hybridized carbons (Fsp3) is 0.462. The maximum atomic E-state index is 12.7. The van der Waals surface area contributed by atoms with Crippen LogP contribution in [0.3, 0.4) is 0 Å². The molecule has 0 spiro atoms. The summed E-state index contributed by atoms with van der Waals surface area (Å²) in [6.45, 7) is 1.19. The van der Waals surface area contributed by atoms with E-state index in [9.17, 15) is 8.42 Å². The third-order valence-electron chi connectivity index (χ3n) is 3.63. The Kier molecular flexibility index (Phi) is 3.98. The summed E-state index contributed by atoms with van der Waals surface area (Å²) in [7, 11) is -3.45. The van der Waals surface area contributed by atoms with Gasteiger partial charge < -0.3 is 0 Å². The average molecular weight is 307 g/mol. The molecule has 1 aliphatic heterocycles. The first-order valence-electron chi connectivity index (χ1n) is 7.01. The molecular formula is C13H17N5O2S. The lowest BCUT2D eigenvalue weighted by Gasteiger charge is -2.20. The van der Waals surface area contributed by atoms with Crippen LogP contribution in [0.2, 0.25) is 0 Å². The molecule has 112 valence electrons. The third-order valence-corrected chi connectivity index (χ3v) is 5.53. The largest absolute Gasteiger partial charge is 0.243 e. The minimum Gasteiger partial charge on any atom is -0.207 e. The Morgan fingerprint density at radius 2 is 1.81 bits per heavy atom. The van der Waals surface area contributed by atoms with Crippen molar-refractivity contribution < 1.29 is 8.42 Å². The zero-order chi connectivity index (χ0) is 14.7. The lowest BCUT2D eigenvalue weighted by molar-refractivity contribution is 0.423. The predicted octanol–water partition coefficient (Wildman–Crippen LogP) is 1.23. The Labute approximate surface area is 123 Å². The fourth-order valence-corrected chi connectivity index (χ4v) is 4.05. The van der Waals surface area contributed by atoms with Crippen LogP contribution in [0.25, 0.3) is 5.69 Å². The molecule has 1 fully saturated rings. The minimum absolute atomic E-state index is 0.289. The minimum atomic E-state index is -3.45. The van der Waals surface area contributed by atoms with Gasteiger partial charge in [0.2, 0.25) is 10.0 Å². The van der Waals surface area contributed by atoms with Gasteiger partial charge in [-0.1, -0.05) is 18.9 Å². The van der Waals surface area contributed by atoms with E-state index in [0.717, 1.165) is 25.7 Å². The van der Waals surface area contributed by atoms with Gasteiger partial charge in [0.25, 0.3) is 0 Å². The van der Waals surface area contributed by atoms with E-state index in [2.05, 4.69) is 15.5 Å². The molecule has 21 heavy (non-hydrogen) atoms. The molecule has 7 nitrogen and oxygen atoms in total. The van der Waals surface area contributed by atoms with Crippen LogP contribution in [0.1, 0.15) is 25.7 Å². The summed E-state index contributed by atoms with van der Waals surface area (Å²) < 4.78 is 28.5. The summed E-state index contributed by atoms with van der Waals surface area (Å²) in [6, 6.07) is 6.71. The summed E-state index contributed by atoms with van der Waals surface area (Å²) in [4.78, 5) is 0.289. The number of nitrogens with zero attached hydrogens (tertiary/aromatic N) is 5. The molecule has 1 saturated heterocycles. The van der Waals surface area contributed by atoms with Gasteiger partial charge in [-0.3, -0.25) is 0 Å². The van der Waals surface area contributed by atoms with Crippen LogP contribution < -0.4 is 0 Å². The molecule has 8 heteroatoms. The highest BCUT2D eigenvalue weighted by molar-refractivity contribution is 7.89. The van der Waals surface area contributed by atoms with Crippen LogP contribution in [0, 0.1) is 0 Å². The number of rotatable bonds is 3. The van der Waals surface area contributed by atoms with Crippen molar-refractivity contribution in [2.75, 3.05) is 13.1 Å². The van der Waals surface area contributed by atoms with Crippen LogP contribution in [0.4, 0.5) is 0 Å². The SMILES string of the molecule is O=S(=O)(c1cccc(-n2cnnn2)c1)N1CCCCCC1. The van der Waals surface area contributed by atoms with Gasteiger partial charge in [0.1, 0.15) is 6.33 Å². The zero-order valence-electron chi connectivity index (χ0n) is 11.6. The second-order valence-electron chi connectivity index (χ2n) is 5.07. The molecule has 0 unspecified atom stereocenters. The van der Waals surface area contributed by atoms with Crippen molar-refractivity contribution in [2.45, 2.75) is 30.6 Å². The lowest BCUT2D eigenvalue weighted by atomic mass is 10.2. The summed E-state index contributed by atoms with van der Waals surface area (Å²) in [5.74, 6) is 0. The molecule has 0 radical (unpaired) electrons. The Morgan fingerprint density at radius 1 is 1.05 bits per heavy atom. The number of tetrazole rings is 1. The van der Waals surface area contributed by atoms with E-state index in [4.69, 9.17) is 0 Å². The predicted molar refractivity (Wildman–Crippen MR) is 76.4 cm³/mol. The summed E-state index contributed by atoms with van der Waals surface area (Å²) >= 11 is 0. The van der Waals surface area contributed by atoms with E-state index in [1.54, 1.807) is 28.6 Å². The molecule has 3 rings (SSSR count). The number of hydrogen-bond donors (Lipinski definition) is 0. The van der Waals surface area contributed by atoms with Crippen molar-refractivity contribution in [3.05, 3.63) is 30.6 Å². The normalized spacial score (nSPS) is 17.5. The van der Waals surface area contributed by atoms with Crippen molar-refractivity contribution in [2.24, 2.45) is 0 Å². The molecule has 0 aliphatic carbocycles. The lowest BCUT2D eigenvalue weighted by Crippen LogP contribution is -2.32. The van der Waals surface area contributed by atoms with Crippen molar-refractivity contribution in [1.82, 2.24) is 24.5 Å². The van der Waals surface area contributed by atoms with Gasteiger partial charge in [0, 0.05) is 13.1 Å². The van der Waals surface area contributed by atoms with Crippen LogP contribution >= 0.6 is 0 Å². The molecule has 2 heterocycles. The second kappa shape index (κ2) is 5.90. The molecule has 0 amide bonds. The number of sulfonamides is 1. The van der Waals surface area contributed by atoms with Crippen LogP contribution in [-0.2, 0) is 10.0 Å². The van der Waals surface area contributed by atoms with Crippen molar-refractivity contribution in [3.8, 4) is 5.69 Å². The number of hydrogen-bond acceptors (Lipinski definition) is 5. The van der Waals surface area contributed by atoms with E-state index in [-0.39, 0.29) is 4.90 Å². The van der Waals surface area contributed by atoms with Crippen molar-refractivity contribution in [3.63, 3.8) is 0 Å². The van der Waals surface area contributed by atoms with E-state index < -0.39 is 10.0 Å². The number of benzene rings is 1. The monoisotopic (exact) mass is 307 g/mol. The molecule has 2 aromatic rings. The van der Waals surface area contributed by atoms with Gasteiger partial charge in [0.15, 0.2) is 0 Å². The number of aromatic nitrogens is 4. The molecular weight excluding hydrogens is 290 g/mol. The van der Waals surface area contributed by atoms with E-state index in [1.165, 1.54) is 11.0 Å². The Hall–Kier alpha value is -1.80. The third kappa shape index (κ3) is 2.96. The topological polar surface area (TPSA) is 81.0 Å². The molecule has 0 bridgehead atoms. The maximum Gasteiger partial charge on any atom is 0.243 e. The standard InChI is InChI=1S/C13H17N5O2S/c19-21(20,17-8-3-1-2-4-9-17)13-7-5-6-12(10-13)18-11-14-15-16-18/h5-7,10-11H,1-4,8-9H2. The van der Waals surface area contributed by atoms with Crippen molar-refractivity contribution >= 4 is 10.0 Å². The highest BCUT2D eigenvalue weighted by Crippen LogP contribution is 2.21. The molecule has 0 N–H and O–H groups in total. The van der Waals surface area contributed by atoms with Gasteiger partial charge in [-0.15, -0.1) is 5.10 Å². The van der Waals surface area contributed by atoms with Crippen LogP contribution in [0.15, 0.2) is 35.5 Å². The van der Waals surface area contributed by atoms with Gasteiger partial charge in [-0.2, -0.15) is 4.31 Å². The van der Waals surface area contributed by atoms with Crippen LogP contribution in [0.5, 0.6) is 0 Å². The second-order valence-corrected chi connectivity index (χ2v) is 7.01. The molecule has 1 aromatic heterocycles. The summed E-state index contributed by atoms with van der Waals surface area (Å²) in [5.41, 5.74) is 0.635. The van der Waals surface area contributed by atoms with E-state index in [0.29, 0.717) is 18.8 Å². The highest BCUT2D eigenvalue weighted by Gasteiger charge is 2.25. The Morgan fingerprint density at radius 3 is 2.48 bits per heavy atom. The maximum absolute atomic E-state index is 12.7. The van der Waals surface area contributed by atoms with Gasteiger partial charge >= 0.3 is 0 Å². The first-order chi connectivity index (χ1) is 10.2. The van der Waals surface area contributed by atoms with Crippen LogP contribution in [-0.4, -0.2) is 46.0 Å². The van der Waals surface area contributed by atoms with Gasteiger partial charge in [-0.25, -0.2) is 13.1 Å². The highest BCUT2D eigenvalue weighted by atomic mass is 32.2. The van der Waals surface area contributed by atoms with Gasteiger partial charge in [-0.05, 0) is 41.5 Å². The molecule has 0 atom stereocenters. The zero-order valence-corrected chi connectivity index (χ0v) is 12.4. The fourth-order valence-electron chi connectivity index (χ4n) is 2.50.